The number of pyridine rings is 1. The Morgan fingerprint density at radius 3 is 2.45 bits per heavy atom. The normalized spacial score (nSPS) is 11.3. The Bertz CT molecular complexity index is 770. The van der Waals surface area contributed by atoms with Crippen molar-refractivity contribution in [3.8, 4) is 0 Å². The third kappa shape index (κ3) is 3.36. The lowest BCUT2D eigenvalue weighted by molar-refractivity contribution is 0.600. The highest BCUT2D eigenvalue weighted by atomic mass is 35.5. The zero-order valence-electron chi connectivity index (χ0n) is 10.4. The number of anilines is 1. The van der Waals surface area contributed by atoms with E-state index in [0.29, 0.717) is 5.69 Å². The van der Waals surface area contributed by atoms with Crippen molar-refractivity contribution in [1.82, 2.24) is 4.98 Å². The van der Waals surface area contributed by atoms with Crippen LogP contribution in [0.5, 0.6) is 0 Å². The molecule has 0 unspecified atom stereocenters. The number of rotatable bonds is 4. The van der Waals surface area contributed by atoms with Crippen LogP contribution in [-0.2, 0) is 10.0 Å². The summed E-state index contributed by atoms with van der Waals surface area (Å²) in [4.78, 5) is 14.3. The van der Waals surface area contributed by atoms with Gasteiger partial charge in [-0.2, -0.15) is 0 Å². The van der Waals surface area contributed by atoms with Crippen molar-refractivity contribution in [1.29, 1.82) is 0 Å². The monoisotopic (exact) mass is 330 g/mol. The van der Waals surface area contributed by atoms with Crippen LogP contribution < -0.4 is 10.3 Å². The van der Waals surface area contributed by atoms with Gasteiger partial charge in [-0.15, -0.1) is 11.8 Å². The van der Waals surface area contributed by atoms with Crippen LogP contribution in [0.1, 0.15) is 0 Å². The summed E-state index contributed by atoms with van der Waals surface area (Å²) in [5.41, 5.74) is -0.0972. The van der Waals surface area contributed by atoms with Gasteiger partial charge in [0.15, 0.2) is 0 Å². The molecular formula is C12H11ClN2O3S2. The Hall–Kier alpha value is -1.44. The summed E-state index contributed by atoms with van der Waals surface area (Å²) in [6.07, 6.45) is 3.04. The Kier molecular flexibility index (Phi) is 4.42. The van der Waals surface area contributed by atoms with Crippen LogP contribution in [0.15, 0.2) is 51.1 Å². The number of hydrogen-bond acceptors (Lipinski definition) is 4. The fourth-order valence-electron chi connectivity index (χ4n) is 1.47. The zero-order chi connectivity index (χ0) is 14.8. The Morgan fingerprint density at radius 1 is 1.25 bits per heavy atom. The summed E-state index contributed by atoms with van der Waals surface area (Å²) < 4.78 is 26.7. The summed E-state index contributed by atoms with van der Waals surface area (Å²) in [6.45, 7) is 0. The molecule has 0 radical (unpaired) electrons. The van der Waals surface area contributed by atoms with Gasteiger partial charge in [0.1, 0.15) is 9.92 Å². The lowest BCUT2D eigenvalue weighted by Crippen LogP contribution is -2.16. The fourth-order valence-corrected chi connectivity index (χ4v) is 3.16. The second kappa shape index (κ2) is 5.90. The molecule has 0 spiro atoms. The molecule has 1 aromatic carbocycles. The first-order chi connectivity index (χ1) is 9.42. The van der Waals surface area contributed by atoms with Crippen LogP contribution in [0.25, 0.3) is 0 Å². The van der Waals surface area contributed by atoms with E-state index in [1.807, 2.05) is 18.4 Å². The molecule has 0 saturated carbocycles. The van der Waals surface area contributed by atoms with Crippen molar-refractivity contribution in [2.24, 2.45) is 0 Å². The van der Waals surface area contributed by atoms with Crippen LogP contribution >= 0.6 is 23.4 Å². The standard InChI is InChI=1S/C12H11ClN2O3S2/c1-19-9-4-2-8(3-5-9)15-20(17,18)10-6-11(13)12(16)14-7-10/h2-7,15H,1H3,(H,14,16). The number of hydrogen-bond donors (Lipinski definition) is 2. The summed E-state index contributed by atoms with van der Waals surface area (Å²) >= 11 is 7.18. The van der Waals surface area contributed by atoms with Gasteiger partial charge in [0.25, 0.3) is 15.6 Å². The first-order valence-electron chi connectivity index (χ1n) is 5.47. The molecule has 0 fully saturated rings. The van der Waals surface area contributed by atoms with Crippen molar-refractivity contribution in [3.63, 3.8) is 0 Å². The summed E-state index contributed by atoms with van der Waals surface area (Å²) in [7, 11) is -3.78. The molecule has 8 heteroatoms. The van der Waals surface area contributed by atoms with Crippen LogP contribution in [-0.4, -0.2) is 19.7 Å². The molecule has 2 rings (SSSR count). The zero-order valence-corrected chi connectivity index (χ0v) is 12.8. The minimum atomic E-state index is -3.78. The first kappa shape index (κ1) is 15.0. The van der Waals surface area contributed by atoms with E-state index in [1.165, 1.54) is 0 Å². The van der Waals surface area contributed by atoms with E-state index in [1.54, 1.807) is 23.9 Å². The van der Waals surface area contributed by atoms with Gasteiger partial charge in [-0.05, 0) is 36.6 Å². The number of halogens is 1. The molecule has 0 saturated heterocycles. The van der Waals surface area contributed by atoms with Gasteiger partial charge in [-0.1, -0.05) is 11.6 Å². The van der Waals surface area contributed by atoms with E-state index in [0.717, 1.165) is 17.2 Å². The van der Waals surface area contributed by atoms with E-state index >= 15 is 0 Å². The number of benzene rings is 1. The van der Waals surface area contributed by atoms with Gasteiger partial charge in [-0.3, -0.25) is 9.52 Å². The highest BCUT2D eigenvalue weighted by molar-refractivity contribution is 7.98. The molecule has 2 aromatic rings. The largest absolute Gasteiger partial charge is 0.326 e. The van der Waals surface area contributed by atoms with Gasteiger partial charge in [0.05, 0.1) is 0 Å². The van der Waals surface area contributed by atoms with E-state index in [9.17, 15) is 13.2 Å². The van der Waals surface area contributed by atoms with Crippen LogP contribution in [0.4, 0.5) is 5.69 Å². The number of aromatic amines is 1. The number of thioether (sulfide) groups is 1. The molecule has 1 aromatic heterocycles. The van der Waals surface area contributed by atoms with Crippen LogP contribution in [0.2, 0.25) is 5.02 Å². The smallest absolute Gasteiger partial charge is 0.266 e. The predicted molar refractivity (Wildman–Crippen MR) is 81.1 cm³/mol. The minimum absolute atomic E-state index is 0.101. The highest BCUT2D eigenvalue weighted by Crippen LogP contribution is 2.20. The molecule has 1 heterocycles. The summed E-state index contributed by atoms with van der Waals surface area (Å²) in [6, 6.07) is 8.05. The maximum Gasteiger partial charge on any atom is 0.266 e. The molecule has 0 amide bonds. The van der Waals surface area contributed by atoms with Crippen molar-refractivity contribution >= 4 is 39.1 Å². The summed E-state index contributed by atoms with van der Waals surface area (Å²) in [5.74, 6) is 0. The number of H-pyrrole nitrogens is 1. The van der Waals surface area contributed by atoms with Gasteiger partial charge in [0.2, 0.25) is 0 Å². The number of aromatic nitrogens is 1. The third-order valence-electron chi connectivity index (χ3n) is 2.48. The molecule has 0 aliphatic rings. The second-order valence-electron chi connectivity index (χ2n) is 3.85. The average Bonchev–Trinajstić information content (AvgIpc) is 2.42. The quantitative estimate of drug-likeness (QED) is 0.844. The molecule has 0 aliphatic heterocycles. The van der Waals surface area contributed by atoms with E-state index in [4.69, 9.17) is 11.6 Å². The minimum Gasteiger partial charge on any atom is -0.326 e. The van der Waals surface area contributed by atoms with E-state index < -0.39 is 15.6 Å². The molecular weight excluding hydrogens is 320 g/mol. The first-order valence-corrected chi connectivity index (χ1v) is 8.56. The Morgan fingerprint density at radius 2 is 1.90 bits per heavy atom. The predicted octanol–water partition coefficient (Wildman–Crippen LogP) is 2.55. The van der Waals surface area contributed by atoms with Crippen LogP contribution in [0.3, 0.4) is 0 Å². The Balaban J connectivity index is 2.30. The topological polar surface area (TPSA) is 79.0 Å². The lowest BCUT2D eigenvalue weighted by atomic mass is 10.3. The van der Waals surface area contributed by atoms with Gasteiger partial charge < -0.3 is 4.98 Å². The van der Waals surface area contributed by atoms with E-state index in [2.05, 4.69) is 9.71 Å². The fraction of sp³-hybridized carbons (Fsp3) is 0.0833. The van der Waals surface area contributed by atoms with Crippen LogP contribution in [0, 0.1) is 0 Å². The van der Waals surface area contributed by atoms with Crippen molar-refractivity contribution in [3.05, 3.63) is 51.9 Å². The lowest BCUT2D eigenvalue weighted by Gasteiger charge is -2.08. The van der Waals surface area contributed by atoms with E-state index in [-0.39, 0.29) is 9.92 Å². The maximum atomic E-state index is 12.1. The molecule has 5 nitrogen and oxygen atoms in total. The van der Waals surface area contributed by atoms with Gasteiger partial charge >= 0.3 is 0 Å². The number of nitrogens with one attached hydrogen (secondary N) is 2. The third-order valence-corrected chi connectivity index (χ3v) is 4.87. The second-order valence-corrected chi connectivity index (χ2v) is 6.82. The maximum absolute atomic E-state index is 12.1. The summed E-state index contributed by atoms with van der Waals surface area (Å²) in [5, 5.41) is -0.175. The SMILES string of the molecule is CSc1ccc(NS(=O)(=O)c2c[nH]c(=O)c(Cl)c2)cc1. The van der Waals surface area contributed by atoms with Gasteiger partial charge in [0, 0.05) is 16.8 Å². The van der Waals surface area contributed by atoms with Crippen molar-refractivity contribution in [2.75, 3.05) is 11.0 Å². The molecule has 2 N–H and O–H groups in total. The molecule has 0 bridgehead atoms. The van der Waals surface area contributed by atoms with Crippen molar-refractivity contribution in [2.45, 2.75) is 9.79 Å². The highest BCUT2D eigenvalue weighted by Gasteiger charge is 2.15. The average molecular weight is 331 g/mol. The molecule has 106 valence electrons. The number of sulfonamides is 1. The molecule has 0 atom stereocenters. The molecule has 0 aliphatic carbocycles. The Labute approximate surface area is 125 Å². The van der Waals surface area contributed by atoms with Gasteiger partial charge in [-0.25, -0.2) is 8.42 Å². The molecule has 20 heavy (non-hydrogen) atoms. The van der Waals surface area contributed by atoms with Crippen molar-refractivity contribution < 1.29 is 8.42 Å².